The van der Waals surface area contributed by atoms with E-state index in [2.05, 4.69) is 17.0 Å². The minimum absolute atomic E-state index is 0.413. The Balaban J connectivity index is 2.39. The van der Waals surface area contributed by atoms with Gasteiger partial charge in [0.25, 0.3) is 10.2 Å². The van der Waals surface area contributed by atoms with Gasteiger partial charge in [-0.3, -0.25) is 0 Å². The number of rotatable bonds is 6. The highest BCUT2D eigenvalue weighted by Gasteiger charge is 2.22. The van der Waals surface area contributed by atoms with Gasteiger partial charge in [0.05, 0.1) is 0 Å². The number of piperidine rings is 1. The summed E-state index contributed by atoms with van der Waals surface area (Å²) in [6.07, 6.45) is 2.21. The van der Waals surface area contributed by atoms with Crippen LogP contribution in [0.5, 0.6) is 0 Å². The molecule has 1 heterocycles. The van der Waals surface area contributed by atoms with Crippen molar-refractivity contribution in [3.63, 3.8) is 0 Å². The van der Waals surface area contributed by atoms with E-state index in [1.54, 1.807) is 0 Å². The molecule has 2 unspecified atom stereocenters. The Bertz CT molecular complexity index is 307. The Kier molecular flexibility index (Phi) is 5.85. The van der Waals surface area contributed by atoms with E-state index in [1.807, 2.05) is 13.8 Å². The largest absolute Gasteiger partial charge is 0.314 e. The van der Waals surface area contributed by atoms with Gasteiger partial charge in [0.15, 0.2) is 0 Å². The third kappa shape index (κ3) is 4.54. The number of nitrogens with one attached hydrogen (secondary N) is 2. The summed E-state index contributed by atoms with van der Waals surface area (Å²) < 4.78 is 27.9. The van der Waals surface area contributed by atoms with Gasteiger partial charge in [-0.1, -0.05) is 13.8 Å². The molecule has 0 aromatic carbocycles. The number of hydrogen-bond acceptors (Lipinski definition) is 3. The maximum atomic E-state index is 11.9. The molecule has 1 saturated heterocycles. The highest BCUT2D eigenvalue weighted by Crippen LogP contribution is 2.13. The lowest BCUT2D eigenvalue weighted by Crippen LogP contribution is -2.46. The number of nitrogens with zero attached hydrogens (tertiary/aromatic N) is 1. The van der Waals surface area contributed by atoms with E-state index in [-0.39, 0.29) is 0 Å². The highest BCUT2D eigenvalue weighted by atomic mass is 32.2. The smallest absolute Gasteiger partial charge is 0.279 e. The van der Waals surface area contributed by atoms with Crippen molar-refractivity contribution in [1.29, 1.82) is 0 Å². The van der Waals surface area contributed by atoms with Crippen LogP contribution in [0.25, 0.3) is 0 Å². The van der Waals surface area contributed by atoms with Crippen molar-refractivity contribution in [2.24, 2.45) is 5.92 Å². The van der Waals surface area contributed by atoms with E-state index in [1.165, 1.54) is 4.31 Å². The van der Waals surface area contributed by atoms with Gasteiger partial charge in [0.2, 0.25) is 0 Å². The highest BCUT2D eigenvalue weighted by molar-refractivity contribution is 7.87. The van der Waals surface area contributed by atoms with Crippen LogP contribution in [0.1, 0.15) is 33.6 Å². The van der Waals surface area contributed by atoms with Gasteiger partial charge in [-0.2, -0.15) is 12.7 Å². The predicted octanol–water partition coefficient (Wildman–Crippen LogP) is 0.551. The summed E-state index contributed by atoms with van der Waals surface area (Å²) in [7, 11) is -3.28. The van der Waals surface area contributed by atoms with Gasteiger partial charge < -0.3 is 5.32 Å². The average Bonchev–Trinajstić information content (AvgIpc) is 2.29. The van der Waals surface area contributed by atoms with Crippen molar-refractivity contribution < 1.29 is 8.42 Å². The Hall–Kier alpha value is -0.170. The summed E-state index contributed by atoms with van der Waals surface area (Å²) in [5.74, 6) is 0.413. The summed E-state index contributed by atoms with van der Waals surface area (Å²) in [6, 6.07) is 0.561. The molecule has 0 amide bonds. The first-order valence-electron chi connectivity index (χ1n) is 6.47. The molecule has 1 fully saturated rings. The quantitative estimate of drug-likeness (QED) is 0.736. The normalized spacial score (nSPS) is 26.4. The first-order valence-corrected chi connectivity index (χ1v) is 7.91. The Morgan fingerprint density at radius 2 is 1.94 bits per heavy atom. The van der Waals surface area contributed by atoms with Gasteiger partial charge >= 0.3 is 0 Å². The fraction of sp³-hybridized carbons (Fsp3) is 1.00. The number of hydrogen-bond donors (Lipinski definition) is 2. The fourth-order valence-electron chi connectivity index (χ4n) is 2.11. The lowest BCUT2D eigenvalue weighted by molar-refractivity contribution is 0.320. The Labute approximate surface area is 105 Å². The molecule has 102 valence electrons. The van der Waals surface area contributed by atoms with E-state index in [9.17, 15) is 8.42 Å². The van der Waals surface area contributed by atoms with Crippen molar-refractivity contribution in [3.05, 3.63) is 0 Å². The van der Waals surface area contributed by atoms with E-state index in [4.69, 9.17) is 0 Å². The molecule has 2 atom stereocenters. The van der Waals surface area contributed by atoms with Crippen molar-refractivity contribution in [2.75, 3.05) is 26.2 Å². The van der Waals surface area contributed by atoms with Crippen molar-refractivity contribution in [3.8, 4) is 0 Å². The van der Waals surface area contributed by atoms with E-state index in [0.717, 1.165) is 19.4 Å². The monoisotopic (exact) mass is 263 g/mol. The molecule has 0 aromatic rings. The summed E-state index contributed by atoms with van der Waals surface area (Å²) >= 11 is 0. The van der Waals surface area contributed by atoms with Crippen molar-refractivity contribution in [2.45, 2.75) is 39.7 Å². The van der Waals surface area contributed by atoms with Crippen LogP contribution in [0.2, 0.25) is 0 Å². The van der Waals surface area contributed by atoms with Crippen LogP contribution in [-0.4, -0.2) is 44.9 Å². The molecule has 17 heavy (non-hydrogen) atoms. The summed E-state index contributed by atoms with van der Waals surface area (Å²) in [4.78, 5) is 0. The Morgan fingerprint density at radius 1 is 1.29 bits per heavy atom. The third-order valence-electron chi connectivity index (χ3n) is 3.36. The average molecular weight is 263 g/mol. The summed E-state index contributed by atoms with van der Waals surface area (Å²) in [6.45, 7) is 8.35. The lowest BCUT2D eigenvalue weighted by Gasteiger charge is -2.28. The second kappa shape index (κ2) is 6.68. The molecule has 1 rings (SSSR count). The van der Waals surface area contributed by atoms with Crippen molar-refractivity contribution in [1.82, 2.24) is 14.3 Å². The van der Waals surface area contributed by atoms with Crippen LogP contribution in [0.15, 0.2) is 0 Å². The molecule has 6 heteroatoms. The van der Waals surface area contributed by atoms with Gasteiger partial charge in [-0.05, 0) is 32.2 Å². The maximum Gasteiger partial charge on any atom is 0.279 e. The minimum Gasteiger partial charge on any atom is -0.314 e. The zero-order valence-electron chi connectivity index (χ0n) is 11.1. The van der Waals surface area contributed by atoms with E-state index >= 15 is 0 Å². The summed E-state index contributed by atoms with van der Waals surface area (Å²) in [5, 5.41) is 3.38. The van der Waals surface area contributed by atoms with Gasteiger partial charge in [0.1, 0.15) is 0 Å². The van der Waals surface area contributed by atoms with Gasteiger partial charge in [0, 0.05) is 25.7 Å². The predicted molar refractivity (Wildman–Crippen MR) is 70.0 cm³/mol. The zero-order valence-corrected chi connectivity index (χ0v) is 11.9. The van der Waals surface area contributed by atoms with Gasteiger partial charge in [-0.25, -0.2) is 4.72 Å². The fourth-order valence-corrected chi connectivity index (χ4v) is 3.42. The van der Waals surface area contributed by atoms with Crippen LogP contribution in [0.3, 0.4) is 0 Å². The Morgan fingerprint density at radius 3 is 2.41 bits per heavy atom. The van der Waals surface area contributed by atoms with Crippen LogP contribution in [0, 0.1) is 5.92 Å². The maximum absolute atomic E-state index is 11.9. The molecule has 0 aliphatic carbocycles. The van der Waals surface area contributed by atoms with E-state index in [0.29, 0.717) is 31.6 Å². The first-order chi connectivity index (χ1) is 7.99. The standard InChI is InChI=1S/C11H25N3O2S/c1-4-14(5-2)17(15,16)13-9-11-7-6-10(3)12-8-11/h10-13H,4-9H2,1-3H3. The topological polar surface area (TPSA) is 61.4 Å². The van der Waals surface area contributed by atoms with E-state index < -0.39 is 10.2 Å². The summed E-state index contributed by atoms with van der Waals surface area (Å²) in [5.41, 5.74) is 0. The third-order valence-corrected chi connectivity index (χ3v) is 5.09. The molecule has 0 saturated carbocycles. The molecular formula is C11H25N3O2S. The molecule has 0 radical (unpaired) electrons. The molecule has 5 nitrogen and oxygen atoms in total. The molecule has 2 N–H and O–H groups in total. The van der Waals surface area contributed by atoms with Crippen LogP contribution in [0.4, 0.5) is 0 Å². The molecule has 0 spiro atoms. The molecule has 1 aliphatic rings. The minimum atomic E-state index is -3.28. The molecule has 1 aliphatic heterocycles. The zero-order chi connectivity index (χ0) is 12.9. The second-order valence-electron chi connectivity index (χ2n) is 4.69. The lowest BCUT2D eigenvalue weighted by atomic mass is 9.96. The van der Waals surface area contributed by atoms with Crippen LogP contribution < -0.4 is 10.0 Å². The molecule has 0 bridgehead atoms. The first kappa shape index (κ1) is 14.9. The second-order valence-corrected chi connectivity index (χ2v) is 6.45. The SMILES string of the molecule is CCN(CC)S(=O)(=O)NCC1CCC(C)NC1. The molecule has 0 aromatic heterocycles. The van der Waals surface area contributed by atoms with Crippen molar-refractivity contribution >= 4 is 10.2 Å². The van der Waals surface area contributed by atoms with Gasteiger partial charge in [-0.15, -0.1) is 0 Å². The molecular weight excluding hydrogens is 238 g/mol. The van der Waals surface area contributed by atoms with Crippen LogP contribution >= 0.6 is 0 Å². The van der Waals surface area contributed by atoms with Crippen LogP contribution in [-0.2, 0) is 10.2 Å².